The number of carbonyl (C=O) groups is 1. The molecular weight excluding hydrogens is 339 g/mol. The third kappa shape index (κ3) is 2.85. The first-order valence-corrected chi connectivity index (χ1v) is 7.38. The highest BCUT2D eigenvalue weighted by Crippen LogP contribution is 2.28. The van der Waals surface area contributed by atoms with Crippen molar-refractivity contribution in [2.75, 3.05) is 18.4 Å². The molecule has 98 valence electrons. The van der Waals surface area contributed by atoms with Crippen LogP contribution in [0.1, 0.15) is 25.3 Å². The van der Waals surface area contributed by atoms with Gasteiger partial charge < -0.3 is 10.6 Å². The van der Waals surface area contributed by atoms with Gasteiger partial charge in [-0.2, -0.15) is 0 Å². The Balaban J connectivity index is 2.13. The predicted molar refractivity (Wildman–Crippen MR) is 82.7 cm³/mol. The summed E-state index contributed by atoms with van der Waals surface area (Å²) in [5.41, 5.74) is 1.78. The molecule has 1 aliphatic rings. The topological polar surface area (TPSA) is 41.1 Å². The number of rotatable bonds is 2. The maximum atomic E-state index is 12.4. The molecule has 1 atom stereocenters. The maximum Gasteiger partial charge on any atom is 0.231 e. The highest BCUT2D eigenvalue weighted by Gasteiger charge is 2.34. The molecule has 0 saturated carbocycles. The molecule has 0 spiro atoms. The zero-order chi connectivity index (χ0) is 13.2. The standard InChI is InChI=1S/C14H19IN2O/c1-10-11(15)5-3-6-12(10)17-13(18)14(2)7-4-8-16-9-14/h3,5-6,16H,4,7-9H2,1-2H3,(H,17,18). The minimum atomic E-state index is -0.286. The molecular formula is C14H19IN2O. The van der Waals surface area contributed by atoms with E-state index >= 15 is 0 Å². The van der Waals surface area contributed by atoms with E-state index in [-0.39, 0.29) is 11.3 Å². The number of carbonyl (C=O) groups excluding carboxylic acids is 1. The van der Waals surface area contributed by atoms with E-state index in [1.807, 2.05) is 26.0 Å². The lowest BCUT2D eigenvalue weighted by Gasteiger charge is -2.32. The van der Waals surface area contributed by atoms with Gasteiger partial charge in [0.25, 0.3) is 0 Å². The Labute approximate surface area is 122 Å². The average molecular weight is 358 g/mol. The molecule has 1 amide bonds. The van der Waals surface area contributed by atoms with Gasteiger partial charge >= 0.3 is 0 Å². The number of hydrogen-bond donors (Lipinski definition) is 2. The van der Waals surface area contributed by atoms with Gasteiger partial charge in [-0.25, -0.2) is 0 Å². The van der Waals surface area contributed by atoms with Crippen molar-refractivity contribution in [2.45, 2.75) is 26.7 Å². The summed E-state index contributed by atoms with van der Waals surface area (Å²) >= 11 is 2.29. The molecule has 3 nitrogen and oxygen atoms in total. The molecule has 2 N–H and O–H groups in total. The van der Waals surface area contributed by atoms with Crippen molar-refractivity contribution in [3.05, 3.63) is 27.3 Å². The average Bonchev–Trinajstić information content (AvgIpc) is 2.36. The van der Waals surface area contributed by atoms with Crippen molar-refractivity contribution < 1.29 is 4.79 Å². The number of benzene rings is 1. The van der Waals surface area contributed by atoms with Crippen LogP contribution in [0.25, 0.3) is 0 Å². The molecule has 2 rings (SSSR count). The van der Waals surface area contributed by atoms with Crippen molar-refractivity contribution in [3.8, 4) is 0 Å². The van der Waals surface area contributed by atoms with Crippen LogP contribution in [0.5, 0.6) is 0 Å². The molecule has 0 radical (unpaired) electrons. The van der Waals surface area contributed by atoms with Crippen LogP contribution in [0.4, 0.5) is 5.69 Å². The van der Waals surface area contributed by atoms with Crippen LogP contribution in [0.3, 0.4) is 0 Å². The lowest BCUT2D eigenvalue weighted by molar-refractivity contribution is -0.125. The summed E-state index contributed by atoms with van der Waals surface area (Å²) in [6.45, 7) is 5.86. The fourth-order valence-corrected chi connectivity index (χ4v) is 2.76. The zero-order valence-electron chi connectivity index (χ0n) is 10.8. The SMILES string of the molecule is Cc1c(I)cccc1NC(=O)C1(C)CCCNC1. The van der Waals surface area contributed by atoms with E-state index in [2.05, 4.69) is 39.3 Å². The van der Waals surface area contributed by atoms with Gasteiger partial charge in [0.15, 0.2) is 0 Å². The van der Waals surface area contributed by atoms with Crippen LogP contribution in [0.15, 0.2) is 18.2 Å². The van der Waals surface area contributed by atoms with Crippen LogP contribution in [-0.4, -0.2) is 19.0 Å². The molecule has 1 aliphatic heterocycles. The summed E-state index contributed by atoms with van der Waals surface area (Å²) < 4.78 is 1.18. The maximum absolute atomic E-state index is 12.4. The molecule has 0 bridgehead atoms. The quantitative estimate of drug-likeness (QED) is 0.799. The third-order valence-electron chi connectivity index (χ3n) is 3.66. The van der Waals surface area contributed by atoms with E-state index in [0.717, 1.165) is 37.2 Å². The minimum Gasteiger partial charge on any atom is -0.325 e. The largest absolute Gasteiger partial charge is 0.325 e. The first kappa shape index (κ1) is 13.8. The van der Waals surface area contributed by atoms with Gasteiger partial charge in [0, 0.05) is 15.8 Å². The second kappa shape index (κ2) is 5.57. The predicted octanol–water partition coefficient (Wildman–Crippen LogP) is 2.93. The summed E-state index contributed by atoms with van der Waals surface area (Å²) in [5.74, 6) is 0.125. The monoisotopic (exact) mass is 358 g/mol. The summed E-state index contributed by atoms with van der Waals surface area (Å²) in [6, 6.07) is 6.00. The summed E-state index contributed by atoms with van der Waals surface area (Å²) in [4.78, 5) is 12.4. The molecule has 4 heteroatoms. The van der Waals surface area contributed by atoms with E-state index in [0.29, 0.717) is 0 Å². The van der Waals surface area contributed by atoms with Gasteiger partial charge in [0.2, 0.25) is 5.91 Å². The van der Waals surface area contributed by atoms with E-state index in [9.17, 15) is 4.79 Å². The second-order valence-corrected chi connectivity index (χ2v) is 6.37. The number of piperidine rings is 1. The van der Waals surface area contributed by atoms with Gasteiger partial charge in [-0.1, -0.05) is 6.07 Å². The number of amides is 1. The van der Waals surface area contributed by atoms with Crippen LogP contribution in [-0.2, 0) is 4.79 Å². The van der Waals surface area contributed by atoms with Gasteiger partial charge in [0.05, 0.1) is 5.41 Å². The van der Waals surface area contributed by atoms with E-state index < -0.39 is 0 Å². The molecule has 0 aromatic heterocycles. The van der Waals surface area contributed by atoms with Crippen molar-refractivity contribution in [2.24, 2.45) is 5.41 Å². The van der Waals surface area contributed by atoms with Gasteiger partial charge in [-0.05, 0) is 73.5 Å². The highest BCUT2D eigenvalue weighted by molar-refractivity contribution is 14.1. The molecule has 1 aromatic rings. The van der Waals surface area contributed by atoms with E-state index in [4.69, 9.17) is 0 Å². The molecule has 1 saturated heterocycles. The van der Waals surface area contributed by atoms with E-state index in [1.165, 1.54) is 3.57 Å². The number of anilines is 1. The Morgan fingerprint density at radius 3 is 2.94 bits per heavy atom. The van der Waals surface area contributed by atoms with Crippen molar-refractivity contribution in [1.29, 1.82) is 0 Å². The normalized spacial score (nSPS) is 23.7. The summed E-state index contributed by atoms with van der Waals surface area (Å²) in [6.07, 6.45) is 2.02. The van der Waals surface area contributed by atoms with Crippen LogP contribution in [0.2, 0.25) is 0 Å². The molecule has 1 aromatic carbocycles. The fraction of sp³-hybridized carbons (Fsp3) is 0.500. The third-order valence-corrected chi connectivity index (χ3v) is 4.83. The molecule has 0 aliphatic carbocycles. The Bertz CT molecular complexity index is 453. The first-order valence-electron chi connectivity index (χ1n) is 6.30. The molecule has 1 fully saturated rings. The molecule has 1 unspecified atom stereocenters. The lowest BCUT2D eigenvalue weighted by atomic mass is 9.82. The minimum absolute atomic E-state index is 0.125. The Hall–Kier alpha value is -0.620. The van der Waals surface area contributed by atoms with Crippen molar-refractivity contribution in [1.82, 2.24) is 5.32 Å². The van der Waals surface area contributed by atoms with Crippen molar-refractivity contribution in [3.63, 3.8) is 0 Å². The summed E-state index contributed by atoms with van der Waals surface area (Å²) in [5, 5.41) is 6.38. The van der Waals surface area contributed by atoms with Crippen molar-refractivity contribution >= 4 is 34.2 Å². The van der Waals surface area contributed by atoms with Gasteiger partial charge in [-0.15, -0.1) is 0 Å². The van der Waals surface area contributed by atoms with Gasteiger partial charge in [-0.3, -0.25) is 4.79 Å². The smallest absolute Gasteiger partial charge is 0.231 e. The number of halogens is 1. The lowest BCUT2D eigenvalue weighted by Crippen LogP contribution is -2.46. The molecule has 18 heavy (non-hydrogen) atoms. The van der Waals surface area contributed by atoms with Crippen LogP contribution >= 0.6 is 22.6 Å². The Morgan fingerprint density at radius 2 is 2.28 bits per heavy atom. The Kier molecular flexibility index (Phi) is 4.27. The van der Waals surface area contributed by atoms with Crippen LogP contribution < -0.4 is 10.6 Å². The fourth-order valence-electron chi connectivity index (χ4n) is 2.27. The number of nitrogens with one attached hydrogen (secondary N) is 2. The second-order valence-electron chi connectivity index (χ2n) is 5.21. The van der Waals surface area contributed by atoms with Crippen LogP contribution in [0, 0.1) is 15.9 Å². The summed E-state index contributed by atoms with van der Waals surface area (Å²) in [7, 11) is 0. The first-order chi connectivity index (χ1) is 8.53. The molecule has 1 heterocycles. The Morgan fingerprint density at radius 1 is 1.50 bits per heavy atom. The number of hydrogen-bond acceptors (Lipinski definition) is 2. The van der Waals surface area contributed by atoms with E-state index in [1.54, 1.807) is 0 Å². The highest BCUT2D eigenvalue weighted by atomic mass is 127. The van der Waals surface area contributed by atoms with Gasteiger partial charge in [0.1, 0.15) is 0 Å². The zero-order valence-corrected chi connectivity index (χ0v) is 13.0.